The molecule has 20 heavy (non-hydrogen) atoms. The lowest BCUT2D eigenvalue weighted by molar-refractivity contribution is -0.121. The highest BCUT2D eigenvalue weighted by atomic mass is 19.1. The molecule has 1 aromatic carbocycles. The van der Waals surface area contributed by atoms with Crippen molar-refractivity contribution >= 4 is 5.91 Å². The van der Waals surface area contributed by atoms with E-state index in [1.165, 1.54) is 6.07 Å². The summed E-state index contributed by atoms with van der Waals surface area (Å²) in [5.74, 6) is -0.143. The van der Waals surface area contributed by atoms with E-state index in [2.05, 4.69) is 17.6 Å². The van der Waals surface area contributed by atoms with Crippen LogP contribution in [-0.4, -0.2) is 32.1 Å². The molecule has 0 aromatic heterocycles. The van der Waals surface area contributed by atoms with Crippen molar-refractivity contribution in [1.29, 1.82) is 0 Å². The summed E-state index contributed by atoms with van der Waals surface area (Å²) in [6, 6.07) is 6.26. The molecule has 0 unspecified atom stereocenters. The largest absolute Gasteiger partial charge is 0.491 e. The summed E-state index contributed by atoms with van der Waals surface area (Å²) in [5.41, 5.74) is 0. The molecular formula is C15H23FN2O2. The Hall–Kier alpha value is -1.62. The highest BCUT2D eigenvalue weighted by molar-refractivity contribution is 5.75. The Morgan fingerprint density at radius 1 is 1.25 bits per heavy atom. The summed E-state index contributed by atoms with van der Waals surface area (Å²) in [6.07, 6.45) is 2.05. The second-order valence-electron chi connectivity index (χ2n) is 4.48. The van der Waals surface area contributed by atoms with E-state index in [4.69, 9.17) is 4.74 Å². The number of carbonyl (C=O) groups is 1. The van der Waals surface area contributed by atoms with E-state index < -0.39 is 0 Å². The fourth-order valence-corrected chi connectivity index (χ4v) is 1.66. The van der Waals surface area contributed by atoms with Crippen LogP contribution < -0.4 is 15.4 Å². The van der Waals surface area contributed by atoms with Gasteiger partial charge in [0.15, 0.2) is 11.6 Å². The van der Waals surface area contributed by atoms with Crippen LogP contribution in [0.15, 0.2) is 24.3 Å². The smallest absolute Gasteiger partial charge is 0.220 e. The van der Waals surface area contributed by atoms with Gasteiger partial charge in [-0.3, -0.25) is 4.79 Å². The number of ether oxygens (including phenoxy) is 1. The van der Waals surface area contributed by atoms with Crippen LogP contribution in [0, 0.1) is 5.82 Å². The molecule has 1 aromatic rings. The van der Waals surface area contributed by atoms with Gasteiger partial charge in [-0.2, -0.15) is 0 Å². The van der Waals surface area contributed by atoms with E-state index in [1.54, 1.807) is 18.2 Å². The fraction of sp³-hybridized carbons (Fsp3) is 0.533. The number of amides is 1. The predicted molar refractivity (Wildman–Crippen MR) is 77.3 cm³/mol. The Kier molecular flexibility index (Phi) is 8.38. The molecule has 0 bridgehead atoms. The van der Waals surface area contributed by atoms with E-state index in [0.29, 0.717) is 26.0 Å². The molecule has 5 heteroatoms. The monoisotopic (exact) mass is 282 g/mol. The number of benzene rings is 1. The zero-order valence-corrected chi connectivity index (χ0v) is 12.0. The first-order valence-corrected chi connectivity index (χ1v) is 7.08. The second kappa shape index (κ2) is 10.2. The van der Waals surface area contributed by atoms with Gasteiger partial charge in [0.05, 0.1) is 6.61 Å². The predicted octanol–water partition coefficient (Wildman–Crippen LogP) is 2.10. The van der Waals surface area contributed by atoms with Gasteiger partial charge in [0, 0.05) is 19.5 Å². The minimum atomic E-state index is -0.376. The van der Waals surface area contributed by atoms with Crippen molar-refractivity contribution in [2.45, 2.75) is 26.2 Å². The molecule has 0 radical (unpaired) electrons. The number of hydrogen-bond donors (Lipinski definition) is 2. The SMILES string of the molecule is CCCNCCNC(=O)CCCOc1ccccc1F. The molecule has 0 aliphatic heterocycles. The minimum Gasteiger partial charge on any atom is -0.491 e. The summed E-state index contributed by atoms with van der Waals surface area (Å²) >= 11 is 0. The van der Waals surface area contributed by atoms with Gasteiger partial charge < -0.3 is 15.4 Å². The minimum absolute atomic E-state index is 0.000400. The molecule has 0 fully saturated rings. The summed E-state index contributed by atoms with van der Waals surface area (Å²) in [4.78, 5) is 11.5. The summed E-state index contributed by atoms with van der Waals surface area (Å²) in [5, 5.41) is 6.02. The first-order valence-electron chi connectivity index (χ1n) is 7.08. The third kappa shape index (κ3) is 7.09. The molecular weight excluding hydrogens is 259 g/mol. The number of rotatable bonds is 10. The van der Waals surface area contributed by atoms with Crippen LogP contribution in [0.5, 0.6) is 5.75 Å². The number of halogens is 1. The van der Waals surface area contributed by atoms with Gasteiger partial charge in [-0.05, 0) is 31.5 Å². The van der Waals surface area contributed by atoms with E-state index in [9.17, 15) is 9.18 Å². The third-order valence-electron chi connectivity index (χ3n) is 2.69. The zero-order chi connectivity index (χ0) is 14.6. The third-order valence-corrected chi connectivity index (χ3v) is 2.69. The van der Waals surface area contributed by atoms with Gasteiger partial charge in [0.1, 0.15) is 0 Å². The zero-order valence-electron chi connectivity index (χ0n) is 12.0. The van der Waals surface area contributed by atoms with Gasteiger partial charge in [0.2, 0.25) is 5.91 Å². The van der Waals surface area contributed by atoms with Crippen LogP contribution in [0.2, 0.25) is 0 Å². The summed E-state index contributed by atoms with van der Waals surface area (Å²) in [6.45, 7) is 4.81. The Bertz CT molecular complexity index is 399. The van der Waals surface area contributed by atoms with E-state index in [-0.39, 0.29) is 17.5 Å². The van der Waals surface area contributed by atoms with Crippen molar-refractivity contribution in [3.05, 3.63) is 30.1 Å². The Labute approximate surface area is 119 Å². The number of nitrogens with one attached hydrogen (secondary N) is 2. The molecule has 0 spiro atoms. The van der Waals surface area contributed by atoms with Gasteiger partial charge >= 0.3 is 0 Å². The Balaban J connectivity index is 2.03. The normalized spacial score (nSPS) is 10.3. The second-order valence-corrected chi connectivity index (χ2v) is 4.48. The first kappa shape index (κ1) is 16.4. The Morgan fingerprint density at radius 2 is 2.05 bits per heavy atom. The van der Waals surface area contributed by atoms with Crippen molar-refractivity contribution < 1.29 is 13.9 Å². The van der Waals surface area contributed by atoms with Crippen LogP contribution >= 0.6 is 0 Å². The fourth-order valence-electron chi connectivity index (χ4n) is 1.66. The molecule has 0 aliphatic rings. The lowest BCUT2D eigenvalue weighted by atomic mass is 10.3. The highest BCUT2D eigenvalue weighted by Crippen LogP contribution is 2.15. The van der Waals surface area contributed by atoms with Crippen LogP contribution in [0.1, 0.15) is 26.2 Å². The molecule has 0 saturated heterocycles. The number of para-hydroxylation sites is 1. The average molecular weight is 282 g/mol. The number of carbonyl (C=O) groups excluding carboxylic acids is 1. The maximum absolute atomic E-state index is 13.2. The van der Waals surface area contributed by atoms with Gasteiger partial charge in [0.25, 0.3) is 0 Å². The van der Waals surface area contributed by atoms with Crippen molar-refractivity contribution in [3.63, 3.8) is 0 Å². The van der Waals surface area contributed by atoms with Crippen LogP contribution in [0.3, 0.4) is 0 Å². The Morgan fingerprint density at radius 3 is 2.80 bits per heavy atom. The number of hydrogen-bond acceptors (Lipinski definition) is 3. The summed E-state index contributed by atoms with van der Waals surface area (Å²) < 4.78 is 18.5. The topological polar surface area (TPSA) is 50.4 Å². The molecule has 0 atom stereocenters. The molecule has 2 N–H and O–H groups in total. The lowest BCUT2D eigenvalue weighted by Gasteiger charge is -2.08. The molecule has 0 aliphatic carbocycles. The maximum atomic E-state index is 13.2. The molecule has 4 nitrogen and oxygen atoms in total. The quantitative estimate of drug-likeness (QED) is 0.646. The van der Waals surface area contributed by atoms with Crippen LogP contribution in [0.25, 0.3) is 0 Å². The van der Waals surface area contributed by atoms with Crippen LogP contribution in [0.4, 0.5) is 4.39 Å². The van der Waals surface area contributed by atoms with E-state index >= 15 is 0 Å². The first-order chi connectivity index (χ1) is 9.74. The van der Waals surface area contributed by atoms with Crippen molar-refractivity contribution in [1.82, 2.24) is 10.6 Å². The average Bonchev–Trinajstić information content (AvgIpc) is 2.45. The van der Waals surface area contributed by atoms with Gasteiger partial charge in [-0.1, -0.05) is 19.1 Å². The van der Waals surface area contributed by atoms with Crippen molar-refractivity contribution in [2.75, 3.05) is 26.2 Å². The molecule has 0 saturated carbocycles. The van der Waals surface area contributed by atoms with E-state index in [0.717, 1.165) is 19.5 Å². The lowest BCUT2D eigenvalue weighted by Crippen LogP contribution is -2.32. The van der Waals surface area contributed by atoms with Gasteiger partial charge in [-0.15, -0.1) is 0 Å². The molecule has 1 rings (SSSR count). The molecule has 0 heterocycles. The standard InChI is InChI=1S/C15H23FN2O2/c1-2-9-17-10-11-18-15(19)8-5-12-20-14-7-4-3-6-13(14)16/h3-4,6-7,17H,2,5,8-12H2,1H3,(H,18,19). The van der Waals surface area contributed by atoms with E-state index in [1.807, 2.05) is 0 Å². The van der Waals surface area contributed by atoms with Gasteiger partial charge in [-0.25, -0.2) is 4.39 Å². The summed E-state index contributed by atoms with van der Waals surface area (Å²) in [7, 11) is 0. The van der Waals surface area contributed by atoms with Crippen molar-refractivity contribution in [2.24, 2.45) is 0 Å². The van der Waals surface area contributed by atoms with Crippen molar-refractivity contribution in [3.8, 4) is 5.75 Å². The molecule has 112 valence electrons. The molecule has 1 amide bonds. The maximum Gasteiger partial charge on any atom is 0.220 e. The van der Waals surface area contributed by atoms with Crippen LogP contribution in [-0.2, 0) is 4.79 Å². The highest BCUT2D eigenvalue weighted by Gasteiger charge is 2.03.